The van der Waals surface area contributed by atoms with Crippen LogP contribution in [0.1, 0.15) is 45.7 Å². The van der Waals surface area contributed by atoms with Gasteiger partial charge in [-0.05, 0) is 38.5 Å². The van der Waals surface area contributed by atoms with Crippen molar-refractivity contribution in [3.05, 3.63) is 62.5 Å². The van der Waals surface area contributed by atoms with Crippen molar-refractivity contribution >= 4 is 47.0 Å². The van der Waals surface area contributed by atoms with Crippen molar-refractivity contribution in [2.24, 2.45) is 10.7 Å². The number of fused-ring (bicyclic) bond motifs is 3. The number of amides is 1. The first kappa shape index (κ1) is 24.9. The summed E-state index contributed by atoms with van der Waals surface area (Å²) >= 11 is 7.81. The number of thiophene rings is 1. The number of rotatable bonds is 4. The summed E-state index contributed by atoms with van der Waals surface area (Å²) in [6, 6.07) is 7.11. The van der Waals surface area contributed by atoms with Crippen molar-refractivity contribution in [3.63, 3.8) is 0 Å². The predicted octanol–water partition coefficient (Wildman–Crippen LogP) is 3.69. The highest BCUT2D eigenvalue weighted by Gasteiger charge is 2.32. The minimum atomic E-state index is -0.497. The van der Waals surface area contributed by atoms with E-state index in [1.165, 1.54) is 4.88 Å². The van der Waals surface area contributed by atoms with E-state index in [9.17, 15) is 4.79 Å². The monoisotopic (exact) mass is 502 g/mol. The van der Waals surface area contributed by atoms with Crippen molar-refractivity contribution in [3.8, 4) is 16.8 Å². The average molecular weight is 503 g/mol. The fraction of sp³-hybridized carbons (Fsp3) is 0.304. The van der Waals surface area contributed by atoms with E-state index in [1.54, 1.807) is 11.3 Å². The Labute approximate surface area is 207 Å². The van der Waals surface area contributed by atoms with Crippen molar-refractivity contribution in [1.29, 1.82) is 0 Å². The molecule has 1 unspecified atom stereocenters. The number of aromatic nitrogens is 3. The Balaban J connectivity index is 0.00000306. The van der Waals surface area contributed by atoms with Gasteiger partial charge >= 0.3 is 0 Å². The van der Waals surface area contributed by atoms with Gasteiger partial charge in [-0.2, -0.15) is 0 Å². The van der Waals surface area contributed by atoms with E-state index in [2.05, 4.69) is 41.2 Å². The molecule has 10 heteroatoms. The second kappa shape index (κ2) is 10.5. The minimum Gasteiger partial charge on any atom is -0.345 e. The van der Waals surface area contributed by atoms with Gasteiger partial charge in [0.1, 0.15) is 16.9 Å². The molecule has 2 aromatic heterocycles. The van der Waals surface area contributed by atoms with Crippen LogP contribution in [0.15, 0.2) is 29.3 Å². The van der Waals surface area contributed by atoms with Gasteiger partial charge in [0.2, 0.25) is 5.91 Å². The van der Waals surface area contributed by atoms with Gasteiger partial charge in [0, 0.05) is 21.0 Å². The first-order chi connectivity index (χ1) is 15.4. The molecule has 1 amide bonds. The third-order valence-corrected chi connectivity index (χ3v) is 6.78. The highest BCUT2D eigenvalue weighted by molar-refractivity contribution is 7.15. The van der Waals surface area contributed by atoms with Crippen molar-refractivity contribution in [2.75, 3.05) is 13.1 Å². The number of nitrogens with zero attached hydrogens (tertiary/aromatic N) is 4. The molecule has 1 aliphatic rings. The molecule has 0 saturated carbocycles. The average Bonchev–Trinajstić information content (AvgIpc) is 3.24. The van der Waals surface area contributed by atoms with E-state index < -0.39 is 6.04 Å². The van der Waals surface area contributed by atoms with Crippen molar-refractivity contribution in [2.45, 2.75) is 33.2 Å². The first-order valence-corrected chi connectivity index (χ1v) is 11.4. The van der Waals surface area contributed by atoms with Gasteiger partial charge in [0.15, 0.2) is 5.82 Å². The number of carbonyl (C=O) groups excluding carboxylic acids is 1. The lowest BCUT2D eigenvalue weighted by Gasteiger charge is -2.12. The van der Waals surface area contributed by atoms with Gasteiger partial charge < -0.3 is 11.1 Å². The summed E-state index contributed by atoms with van der Waals surface area (Å²) in [6.45, 7) is 6.61. The fourth-order valence-corrected chi connectivity index (χ4v) is 5.00. The van der Waals surface area contributed by atoms with E-state index in [4.69, 9.17) is 22.3 Å². The van der Waals surface area contributed by atoms with Gasteiger partial charge in [-0.15, -0.1) is 33.9 Å². The predicted molar refractivity (Wildman–Crippen MR) is 135 cm³/mol. The zero-order valence-corrected chi connectivity index (χ0v) is 20.9. The molecule has 33 heavy (non-hydrogen) atoms. The highest BCUT2D eigenvalue weighted by Crippen LogP contribution is 2.39. The van der Waals surface area contributed by atoms with Gasteiger partial charge in [0.25, 0.3) is 0 Å². The van der Waals surface area contributed by atoms with Crippen LogP contribution in [-0.4, -0.2) is 39.5 Å². The van der Waals surface area contributed by atoms with Crippen molar-refractivity contribution in [1.82, 2.24) is 20.1 Å². The molecule has 1 aliphatic heterocycles. The smallest absolute Gasteiger partial charge is 0.223 e. The third-order valence-electron chi connectivity index (χ3n) is 5.34. The van der Waals surface area contributed by atoms with Crippen LogP contribution >= 0.6 is 35.3 Å². The summed E-state index contributed by atoms with van der Waals surface area (Å²) in [4.78, 5) is 18.9. The van der Waals surface area contributed by atoms with Gasteiger partial charge in [-0.1, -0.05) is 35.6 Å². The Morgan fingerprint density at radius 1 is 1.21 bits per heavy atom. The minimum absolute atomic E-state index is 0. The second-order valence-corrected chi connectivity index (χ2v) is 9.08. The molecule has 3 heterocycles. The summed E-state index contributed by atoms with van der Waals surface area (Å²) < 4.78 is 2.03. The molecule has 1 atom stereocenters. The Morgan fingerprint density at radius 2 is 1.94 bits per heavy atom. The number of carbonyl (C=O) groups is 1. The molecule has 1 aromatic carbocycles. The van der Waals surface area contributed by atoms with Crippen molar-refractivity contribution < 1.29 is 4.79 Å². The van der Waals surface area contributed by atoms with E-state index in [1.807, 2.05) is 35.8 Å². The summed E-state index contributed by atoms with van der Waals surface area (Å²) in [5, 5.41) is 13.2. The maximum Gasteiger partial charge on any atom is 0.223 e. The SMILES string of the molecule is Cc1sc2c(c1C)C(c1ccc(Cl)cc1)=NC(CC(=O)NCC#CCN)c1nnc(C)n1-2.Cl. The number of hydrogen-bond donors (Lipinski definition) is 2. The van der Waals surface area contributed by atoms with Crippen LogP contribution in [-0.2, 0) is 4.79 Å². The number of aliphatic imine (C=N–C) groups is 1. The maximum atomic E-state index is 12.7. The van der Waals surface area contributed by atoms with Gasteiger partial charge in [-0.25, -0.2) is 0 Å². The molecule has 7 nitrogen and oxygen atoms in total. The quantitative estimate of drug-likeness (QED) is 0.531. The highest BCUT2D eigenvalue weighted by atomic mass is 35.5. The topological polar surface area (TPSA) is 98.2 Å². The van der Waals surface area contributed by atoms with Crippen LogP contribution in [0.2, 0.25) is 5.02 Å². The van der Waals surface area contributed by atoms with Crippen LogP contribution in [0.3, 0.4) is 0 Å². The summed E-state index contributed by atoms with van der Waals surface area (Å²) in [5.41, 5.74) is 9.32. The van der Waals surface area contributed by atoms with Crippen LogP contribution < -0.4 is 11.1 Å². The number of aryl methyl sites for hydroxylation is 2. The molecule has 0 spiro atoms. The summed E-state index contributed by atoms with van der Waals surface area (Å²) in [6.07, 6.45) is 0.131. The lowest BCUT2D eigenvalue weighted by molar-refractivity contribution is -0.121. The molecule has 172 valence electrons. The number of nitrogens with one attached hydrogen (secondary N) is 1. The maximum absolute atomic E-state index is 12.7. The molecule has 0 aliphatic carbocycles. The first-order valence-electron chi connectivity index (χ1n) is 10.2. The van der Waals surface area contributed by atoms with E-state index >= 15 is 0 Å². The molecule has 0 radical (unpaired) electrons. The lowest BCUT2D eigenvalue weighted by atomic mass is 9.99. The van der Waals surface area contributed by atoms with Crippen LogP contribution in [0.4, 0.5) is 0 Å². The standard InChI is InChI=1S/C23H23ClN6OS.ClH/c1-13-14(2)32-23-20(13)21(16-6-8-17(24)9-7-16)27-18(22-29-28-15(3)30(22)23)12-19(31)26-11-5-4-10-25;/h6-9,18H,10-12,25H2,1-3H3,(H,26,31);1H. The lowest BCUT2D eigenvalue weighted by Crippen LogP contribution is -2.26. The van der Waals surface area contributed by atoms with Gasteiger partial charge in [-0.3, -0.25) is 14.4 Å². The number of halogens is 2. The molecular formula is C23H24Cl2N6OS. The zero-order valence-electron chi connectivity index (χ0n) is 18.5. The second-order valence-electron chi connectivity index (χ2n) is 7.44. The van der Waals surface area contributed by atoms with E-state index in [-0.39, 0.29) is 37.8 Å². The summed E-state index contributed by atoms with van der Waals surface area (Å²) in [5.74, 6) is 6.80. The molecule has 3 aromatic rings. The normalized spacial score (nSPS) is 14.1. The van der Waals surface area contributed by atoms with Gasteiger partial charge in [0.05, 0.1) is 25.2 Å². The van der Waals surface area contributed by atoms with Crippen LogP contribution in [0.5, 0.6) is 0 Å². The van der Waals surface area contributed by atoms with Crippen LogP contribution in [0.25, 0.3) is 5.00 Å². The largest absolute Gasteiger partial charge is 0.345 e. The zero-order chi connectivity index (χ0) is 22.8. The Bertz CT molecular complexity index is 1270. The number of hydrogen-bond acceptors (Lipinski definition) is 6. The third kappa shape index (κ3) is 4.97. The van der Waals surface area contributed by atoms with Crippen LogP contribution in [0, 0.1) is 32.6 Å². The molecule has 3 N–H and O–H groups in total. The Kier molecular flexibility index (Phi) is 7.92. The Hall–Kier alpha value is -2.70. The number of benzene rings is 1. The summed E-state index contributed by atoms with van der Waals surface area (Å²) in [7, 11) is 0. The number of nitrogens with two attached hydrogens (primary N) is 1. The molecule has 0 bridgehead atoms. The molecule has 0 saturated heterocycles. The molecule has 0 fully saturated rings. The molecular weight excluding hydrogens is 479 g/mol. The fourth-order valence-electron chi connectivity index (χ4n) is 3.66. The molecule has 4 rings (SSSR count). The van der Waals surface area contributed by atoms with E-state index in [0.717, 1.165) is 33.2 Å². The Morgan fingerprint density at radius 3 is 2.64 bits per heavy atom. The van der Waals surface area contributed by atoms with E-state index in [0.29, 0.717) is 10.8 Å².